The molecule has 0 saturated carbocycles. The van der Waals surface area contributed by atoms with E-state index in [0.717, 1.165) is 16.1 Å². The van der Waals surface area contributed by atoms with Crippen LogP contribution in [0.2, 0.25) is 5.02 Å². The first-order valence-electron chi connectivity index (χ1n) is 7.62. The molecule has 5 nitrogen and oxygen atoms in total. The number of thiazole rings is 1. The molecule has 0 amide bonds. The van der Waals surface area contributed by atoms with Gasteiger partial charge >= 0.3 is 0 Å². The van der Waals surface area contributed by atoms with E-state index in [1.54, 1.807) is 12.3 Å². The Morgan fingerprint density at radius 1 is 1.24 bits per heavy atom. The molecule has 0 bridgehead atoms. The second-order valence-electron chi connectivity index (χ2n) is 6.63. The average molecular weight is 374 g/mol. The fourth-order valence-electron chi connectivity index (χ4n) is 2.56. The van der Waals surface area contributed by atoms with Crippen molar-refractivity contribution < 1.29 is 4.92 Å². The molecule has 0 unspecified atom stereocenters. The van der Waals surface area contributed by atoms with Crippen molar-refractivity contribution in [2.75, 3.05) is 0 Å². The highest BCUT2D eigenvalue weighted by Crippen LogP contribution is 2.37. The van der Waals surface area contributed by atoms with Crippen LogP contribution in [0.15, 0.2) is 42.0 Å². The highest BCUT2D eigenvalue weighted by atomic mass is 35.5. The molecule has 0 fully saturated rings. The molecule has 0 radical (unpaired) electrons. The summed E-state index contributed by atoms with van der Waals surface area (Å²) in [6.07, 6.45) is 3.59. The van der Waals surface area contributed by atoms with Crippen molar-refractivity contribution in [3.63, 3.8) is 0 Å². The van der Waals surface area contributed by atoms with Crippen molar-refractivity contribution in [2.45, 2.75) is 26.2 Å². The minimum Gasteiger partial charge on any atom is -0.264 e. The van der Waals surface area contributed by atoms with Gasteiger partial charge in [-0.15, -0.1) is 11.3 Å². The summed E-state index contributed by atoms with van der Waals surface area (Å²) in [5.74, 6) is 0. The molecule has 0 N–H and O–H groups in total. The van der Waals surface area contributed by atoms with Gasteiger partial charge in [0.05, 0.1) is 10.6 Å². The third-order valence-corrected chi connectivity index (χ3v) is 5.00. The van der Waals surface area contributed by atoms with Crippen molar-refractivity contribution in [1.29, 1.82) is 0 Å². The summed E-state index contributed by atoms with van der Waals surface area (Å²) in [4.78, 5) is 19.5. The molecule has 0 aliphatic heterocycles. The SMILES string of the molecule is CC(C)(C)c1ccncc1-c1nc(-c2ccc(Cl)c([N+](=O)[O-])c2)cs1. The normalized spacial score (nSPS) is 11.5. The molecule has 2 aromatic heterocycles. The van der Waals surface area contributed by atoms with Crippen LogP contribution in [-0.2, 0) is 5.41 Å². The first kappa shape index (κ1) is 17.5. The molecule has 3 rings (SSSR count). The molecule has 0 saturated heterocycles. The minimum atomic E-state index is -0.488. The topological polar surface area (TPSA) is 68.9 Å². The van der Waals surface area contributed by atoms with Crippen LogP contribution >= 0.6 is 22.9 Å². The van der Waals surface area contributed by atoms with Gasteiger partial charge in [0.25, 0.3) is 5.69 Å². The standard InChI is InChI=1S/C18H16ClN3O2S/c1-18(2,3)13-6-7-20-9-12(13)17-21-15(10-25-17)11-4-5-14(19)16(8-11)22(23)24/h4-10H,1-3H3. The number of rotatable bonds is 3. The Kier molecular flexibility index (Phi) is 4.58. The Bertz CT molecular complexity index is 947. The molecule has 3 aromatic rings. The van der Waals surface area contributed by atoms with Crippen molar-refractivity contribution in [3.05, 3.63) is 62.7 Å². The molecular formula is C18H16ClN3O2S. The maximum Gasteiger partial charge on any atom is 0.288 e. The lowest BCUT2D eigenvalue weighted by molar-refractivity contribution is -0.384. The monoisotopic (exact) mass is 373 g/mol. The van der Waals surface area contributed by atoms with Crippen molar-refractivity contribution >= 4 is 28.6 Å². The smallest absolute Gasteiger partial charge is 0.264 e. The Labute approximate surface area is 154 Å². The second-order valence-corrected chi connectivity index (χ2v) is 7.90. The fourth-order valence-corrected chi connectivity index (χ4v) is 3.60. The zero-order chi connectivity index (χ0) is 18.2. The number of hydrogen-bond donors (Lipinski definition) is 0. The predicted octanol–water partition coefficient (Wildman–Crippen LogP) is 5.73. The van der Waals surface area contributed by atoms with Crippen LogP contribution in [0, 0.1) is 10.1 Å². The number of nitro benzene ring substituents is 1. The van der Waals surface area contributed by atoms with Crippen LogP contribution in [0.5, 0.6) is 0 Å². The molecule has 2 heterocycles. The summed E-state index contributed by atoms with van der Waals surface area (Å²) < 4.78 is 0. The van der Waals surface area contributed by atoms with Gasteiger partial charge in [0, 0.05) is 35.0 Å². The van der Waals surface area contributed by atoms with Crippen molar-refractivity contribution in [1.82, 2.24) is 9.97 Å². The Balaban J connectivity index is 2.05. The first-order chi connectivity index (χ1) is 11.8. The first-order valence-corrected chi connectivity index (χ1v) is 8.88. The largest absolute Gasteiger partial charge is 0.288 e. The lowest BCUT2D eigenvalue weighted by Gasteiger charge is -2.21. The lowest BCUT2D eigenvalue weighted by Crippen LogP contribution is -2.12. The van der Waals surface area contributed by atoms with Crippen LogP contribution in [0.25, 0.3) is 21.8 Å². The van der Waals surface area contributed by atoms with Crippen molar-refractivity contribution in [2.24, 2.45) is 0 Å². The van der Waals surface area contributed by atoms with Gasteiger partial charge in [-0.3, -0.25) is 15.1 Å². The highest BCUT2D eigenvalue weighted by molar-refractivity contribution is 7.13. The van der Waals surface area contributed by atoms with Crippen LogP contribution in [-0.4, -0.2) is 14.9 Å². The summed E-state index contributed by atoms with van der Waals surface area (Å²) in [5.41, 5.74) is 3.33. The van der Waals surface area contributed by atoms with E-state index in [-0.39, 0.29) is 16.1 Å². The Hall–Kier alpha value is -2.31. The Morgan fingerprint density at radius 3 is 2.68 bits per heavy atom. The summed E-state index contributed by atoms with van der Waals surface area (Å²) >= 11 is 7.38. The highest BCUT2D eigenvalue weighted by Gasteiger charge is 2.21. The maximum absolute atomic E-state index is 11.1. The van der Waals surface area contributed by atoms with E-state index in [4.69, 9.17) is 11.6 Å². The van der Waals surface area contributed by atoms with E-state index in [9.17, 15) is 10.1 Å². The van der Waals surface area contributed by atoms with Gasteiger partial charge in [0.15, 0.2) is 0 Å². The summed E-state index contributed by atoms with van der Waals surface area (Å²) in [5, 5.41) is 13.9. The number of hydrogen-bond acceptors (Lipinski definition) is 5. The van der Waals surface area contributed by atoms with Gasteiger partial charge in [0.1, 0.15) is 10.0 Å². The van der Waals surface area contributed by atoms with Crippen LogP contribution < -0.4 is 0 Å². The molecule has 0 spiro atoms. The quantitative estimate of drug-likeness (QED) is 0.434. The van der Waals surface area contributed by atoms with E-state index in [0.29, 0.717) is 11.3 Å². The third kappa shape index (κ3) is 3.55. The van der Waals surface area contributed by atoms with Gasteiger partial charge in [-0.25, -0.2) is 4.98 Å². The van der Waals surface area contributed by atoms with Gasteiger partial charge in [-0.05, 0) is 23.1 Å². The van der Waals surface area contributed by atoms with E-state index >= 15 is 0 Å². The van der Waals surface area contributed by atoms with Crippen molar-refractivity contribution in [3.8, 4) is 21.8 Å². The van der Waals surface area contributed by atoms with Gasteiger partial charge in [-0.2, -0.15) is 0 Å². The molecule has 7 heteroatoms. The maximum atomic E-state index is 11.1. The second kappa shape index (κ2) is 6.54. The van der Waals surface area contributed by atoms with Crippen LogP contribution in [0.4, 0.5) is 5.69 Å². The van der Waals surface area contributed by atoms with E-state index in [1.807, 2.05) is 17.6 Å². The number of aromatic nitrogens is 2. The van der Waals surface area contributed by atoms with Crippen LogP contribution in [0.1, 0.15) is 26.3 Å². The van der Waals surface area contributed by atoms with Gasteiger partial charge < -0.3 is 0 Å². The summed E-state index contributed by atoms with van der Waals surface area (Å²) in [7, 11) is 0. The van der Waals surface area contributed by atoms with Crippen LogP contribution in [0.3, 0.4) is 0 Å². The number of halogens is 1. The molecule has 25 heavy (non-hydrogen) atoms. The van der Waals surface area contributed by atoms with E-state index in [1.165, 1.54) is 23.5 Å². The lowest BCUT2D eigenvalue weighted by atomic mass is 9.85. The third-order valence-electron chi connectivity index (χ3n) is 3.80. The molecule has 128 valence electrons. The number of benzene rings is 1. The molecule has 0 aliphatic carbocycles. The number of nitro groups is 1. The van der Waals surface area contributed by atoms with Gasteiger partial charge in [0.2, 0.25) is 0 Å². The zero-order valence-electron chi connectivity index (χ0n) is 14.0. The Morgan fingerprint density at radius 2 is 2.00 bits per heavy atom. The average Bonchev–Trinajstić information content (AvgIpc) is 3.04. The fraction of sp³-hybridized carbons (Fsp3) is 0.222. The molecular weight excluding hydrogens is 358 g/mol. The number of nitrogens with zero attached hydrogens (tertiary/aromatic N) is 3. The molecule has 0 atom stereocenters. The van der Waals surface area contributed by atoms with Gasteiger partial charge in [-0.1, -0.05) is 38.4 Å². The number of pyridine rings is 1. The predicted molar refractivity (Wildman–Crippen MR) is 101 cm³/mol. The molecule has 1 aromatic carbocycles. The molecule has 0 aliphatic rings. The van der Waals surface area contributed by atoms with E-state index in [2.05, 4.69) is 30.7 Å². The zero-order valence-corrected chi connectivity index (χ0v) is 15.6. The summed E-state index contributed by atoms with van der Waals surface area (Å²) in [6, 6.07) is 6.72. The summed E-state index contributed by atoms with van der Waals surface area (Å²) in [6.45, 7) is 6.43. The van der Waals surface area contributed by atoms with E-state index < -0.39 is 4.92 Å². The minimum absolute atomic E-state index is 0.0385.